The highest BCUT2D eigenvalue weighted by Crippen LogP contribution is 2.27. The minimum atomic E-state index is -0.837. The standard InChI is InChI=1S/C17H15ClN2O4/c1-11(21)19(10-14-3-2-8-24-14)15-9-16(22)20(17(15)23)13-6-4-12(18)5-7-13/h2-8,15H,9-10H2,1H3/t15-/m1/s1. The average Bonchev–Trinajstić information content (AvgIpc) is 3.14. The van der Waals surface area contributed by atoms with Crippen molar-refractivity contribution in [3.8, 4) is 0 Å². The molecule has 1 aliphatic rings. The quantitative estimate of drug-likeness (QED) is 0.798. The second-order valence-corrected chi connectivity index (χ2v) is 5.93. The SMILES string of the molecule is CC(=O)N(Cc1ccco1)[C@@H]1CC(=O)N(c2ccc(Cl)cc2)C1=O. The lowest BCUT2D eigenvalue weighted by molar-refractivity contribution is -0.137. The number of nitrogens with zero attached hydrogens (tertiary/aromatic N) is 2. The summed E-state index contributed by atoms with van der Waals surface area (Å²) in [5.74, 6) is -0.520. The van der Waals surface area contributed by atoms with E-state index in [1.54, 1.807) is 36.4 Å². The Balaban J connectivity index is 1.86. The van der Waals surface area contributed by atoms with Crippen LogP contribution in [-0.4, -0.2) is 28.7 Å². The Bertz CT molecular complexity index is 770. The lowest BCUT2D eigenvalue weighted by atomic mass is 10.2. The molecule has 7 heteroatoms. The summed E-state index contributed by atoms with van der Waals surface area (Å²) >= 11 is 5.84. The van der Waals surface area contributed by atoms with Gasteiger partial charge in [-0.2, -0.15) is 0 Å². The van der Waals surface area contributed by atoms with Gasteiger partial charge in [0.15, 0.2) is 0 Å². The monoisotopic (exact) mass is 346 g/mol. The van der Waals surface area contributed by atoms with E-state index in [1.807, 2.05) is 0 Å². The summed E-state index contributed by atoms with van der Waals surface area (Å²) in [7, 11) is 0. The molecule has 0 aliphatic carbocycles. The molecule has 1 aromatic carbocycles. The fraction of sp³-hybridized carbons (Fsp3) is 0.235. The molecule has 1 aromatic heterocycles. The fourth-order valence-corrected chi connectivity index (χ4v) is 2.86. The van der Waals surface area contributed by atoms with E-state index in [0.717, 1.165) is 4.90 Å². The Morgan fingerprint density at radius 3 is 2.58 bits per heavy atom. The second-order valence-electron chi connectivity index (χ2n) is 5.49. The van der Waals surface area contributed by atoms with Crippen LogP contribution >= 0.6 is 11.6 Å². The van der Waals surface area contributed by atoms with Crippen molar-refractivity contribution in [2.45, 2.75) is 25.9 Å². The van der Waals surface area contributed by atoms with Crippen molar-refractivity contribution in [1.82, 2.24) is 4.90 Å². The summed E-state index contributed by atoms with van der Waals surface area (Å²) in [5, 5.41) is 0.512. The molecular formula is C17H15ClN2O4. The molecule has 2 heterocycles. The summed E-state index contributed by atoms with van der Waals surface area (Å²) in [6.07, 6.45) is 1.44. The number of benzene rings is 1. The number of carbonyl (C=O) groups is 3. The van der Waals surface area contributed by atoms with Crippen molar-refractivity contribution in [3.63, 3.8) is 0 Å². The van der Waals surface area contributed by atoms with Crippen LogP contribution in [0.4, 0.5) is 5.69 Å². The molecule has 0 bridgehead atoms. The molecular weight excluding hydrogens is 332 g/mol. The van der Waals surface area contributed by atoms with Crippen LogP contribution in [-0.2, 0) is 20.9 Å². The number of halogens is 1. The Hall–Kier alpha value is -2.60. The predicted octanol–water partition coefficient (Wildman–Crippen LogP) is 2.61. The van der Waals surface area contributed by atoms with Crippen molar-refractivity contribution in [2.24, 2.45) is 0 Å². The van der Waals surface area contributed by atoms with Gasteiger partial charge in [-0.3, -0.25) is 14.4 Å². The Morgan fingerprint density at radius 1 is 1.29 bits per heavy atom. The van der Waals surface area contributed by atoms with E-state index in [9.17, 15) is 14.4 Å². The molecule has 2 aromatic rings. The number of rotatable bonds is 4. The zero-order valence-electron chi connectivity index (χ0n) is 12.9. The molecule has 24 heavy (non-hydrogen) atoms. The highest BCUT2D eigenvalue weighted by atomic mass is 35.5. The Kier molecular flexibility index (Phi) is 4.40. The molecule has 124 valence electrons. The Morgan fingerprint density at radius 2 is 2.00 bits per heavy atom. The highest BCUT2D eigenvalue weighted by Gasteiger charge is 2.43. The predicted molar refractivity (Wildman–Crippen MR) is 87.3 cm³/mol. The molecule has 1 aliphatic heterocycles. The fourth-order valence-electron chi connectivity index (χ4n) is 2.73. The van der Waals surface area contributed by atoms with Gasteiger partial charge in [-0.05, 0) is 36.4 Å². The third-order valence-electron chi connectivity index (χ3n) is 3.89. The molecule has 6 nitrogen and oxygen atoms in total. The molecule has 1 atom stereocenters. The first-order chi connectivity index (χ1) is 11.5. The van der Waals surface area contributed by atoms with Crippen LogP contribution in [0.3, 0.4) is 0 Å². The molecule has 0 unspecified atom stereocenters. The van der Waals surface area contributed by atoms with Crippen molar-refractivity contribution in [3.05, 3.63) is 53.4 Å². The average molecular weight is 347 g/mol. The largest absolute Gasteiger partial charge is 0.467 e. The van der Waals surface area contributed by atoms with Crippen LogP contribution in [0.2, 0.25) is 5.02 Å². The molecule has 1 saturated heterocycles. The first kappa shape index (κ1) is 16.3. The van der Waals surface area contributed by atoms with Gasteiger partial charge in [0.2, 0.25) is 11.8 Å². The molecule has 0 radical (unpaired) electrons. The minimum absolute atomic E-state index is 0.0538. The van der Waals surface area contributed by atoms with Crippen molar-refractivity contribution < 1.29 is 18.8 Å². The normalized spacial score (nSPS) is 17.4. The lowest BCUT2D eigenvalue weighted by Crippen LogP contribution is -2.44. The third kappa shape index (κ3) is 3.05. The van der Waals surface area contributed by atoms with E-state index in [2.05, 4.69) is 0 Å². The number of hydrogen-bond acceptors (Lipinski definition) is 4. The van der Waals surface area contributed by atoms with E-state index in [4.69, 9.17) is 16.0 Å². The summed E-state index contributed by atoms with van der Waals surface area (Å²) in [4.78, 5) is 39.5. The van der Waals surface area contributed by atoms with E-state index in [0.29, 0.717) is 16.5 Å². The number of hydrogen-bond donors (Lipinski definition) is 0. The lowest BCUT2D eigenvalue weighted by Gasteiger charge is -2.25. The van der Waals surface area contributed by atoms with Gasteiger partial charge in [0.25, 0.3) is 5.91 Å². The summed E-state index contributed by atoms with van der Waals surface area (Å²) in [6, 6.07) is 9.00. The van der Waals surface area contributed by atoms with E-state index < -0.39 is 11.9 Å². The molecule has 3 amide bonds. The molecule has 3 rings (SSSR count). The first-order valence-corrected chi connectivity index (χ1v) is 7.77. The van der Waals surface area contributed by atoms with Crippen LogP contribution in [0.25, 0.3) is 0 Å². The zero-order chi connectivity index (χ0) is 17.3. The van der Waals surface area contributed by atoms with Gasteiger partial charge >= 0.3 is 0 Å². The number of carbonyl (C=O) groups excluding carboxylic acids is 3. The van der Waals surface area contributed by atoms with Crippen LogP contribution in [0.5, 0.6) is 0 Å². The van der Waals surface area contributed by atoms with E-state index >= 15 is 0 Å². The number of amides is 3. The van der Waals surface area contributed by atoms with E-state index in [-0.39, 0.29) is 24.8 Å². The Labute approximate surface area is 143 Å². The van der Waals surface area contributed by atoms with Crippen LogP contribution in [0, 0.1) is 0 Å². The maximum absolute atomic E-state index is 12.7. The molecule has 0 saturated carbocycles. The summed E-state index contributed by atoms with van der Waals surface area (Å²) < 4.78 is 5.24. The van der Waals surface area contributed by atoms with Gasteiger partial charge in [0.05, 0.1) is 24.9 Å². The highest BCUT2D eigenvalue weighted by molar-refractivity contribution is 6.30. The van der Waals surface area contributed by atoms with Gasteiger partial charge in [-0.15, -0.1) is 0 Å². The molecule has 1 fully saturated rings. The van der Waals surface area contributed by atoms with Crippen molar-refractivity contribution in [2.75, 3.05) is 4.90 Å². The smallest absolute Gasteiger partial charge is 0.257 e. The molecule has 0 spiro atoms. The van der Waals surface area contributed by atoms with Gasteiger partial charge in [0, 0.05) is 11.9 Å². The van der Waals surface area contributed by atoms with E-state index in [1.165, 1.54) is 18.1 Å². The van der Waals surface area contributed by atoms with Gasteiger partial charge in [-0.1, -0.05) is 11.6 Å². The van der Waals surface area contributed by atoms with Crippen molar-refractivity contribution >= 4 is 35.0 Å². The summed E-state index contributed by atoms with van der Waals surface area (Å²) in [6.45, 7) is 1.51. The third-order valence-corrected chi connectivity index (χ3v) is 4.15. The van der Waals surface area contributed by atoms with Crippen LogP contribution in [0.1, 0.15) is 19.1 Å². The zero-order valence-corrected chi connectivity index (χ0v) is 13.7. The number of anilines is 1. The summed E-state index contributed by atoms with van der Waals surface area (Å²) in [5.41, 5.74) is 0.443. The maximum Gasteiger partial charge on any atom is 0.257 e. The second kappa shape index (κ2) is 6.49. The molecule has 0 N–H and O–H groups in total. The number of imide groups is 1. The van der Waals surface area contributed by atoms with Gasteiger partial charge in [0.1, 0.15) is 11.8 Å². The number of furan rings is 1. The minimum Gasteiger partial charge on any atom is -0.467 e. The van der Waals surface area contributed by atoms with Crippen LogP contribution < -0.4 is 4.90 Å². The topological polar surface area (TPSA) is 70.8 Å². The first-order valence-electron chi connectivity index (χ1n) is 7.39. The maximum atomic E-state index is 12.7. The van der Waals surface area contributed by atoms with Crippen molar-refractivity contribution in [1.29, 1.82) is 0 Å². The van der Waals surface area contributed by atoms with Crippen LogP contribution in [0.15, 0.2) is 47.1 Å². The van der Waals surface area contributed by atoms with Gasteiger partial charge < -0.3 is 9.32 Å². The van der Waals surface area contributed by atoms with Gasteiger partial charge in [-0.25, -0.2) is 4.90 Å².